The van der Waals surface area contributed by atoms with Gasteiger partial charge in [-0.1, -0.05) is 17.7 Å². The normalized spacial score (nSPS) is 15.4. The lowest BCUT2D eigenvalue weighted by molar-refractivity contribution is 0.0954. The summed E-state index contributed by atoms with van der Waals surface area (Å²) in [5, 5.41) is 2.81. The Morgan fingerprint density at radius 3 is 2.76 bits per heavy atom. The second-order valence-electron chi connectivity index (χ2n) is 5.08. The van der Waals surface area contributed by atoms with Gasteiger partial charge in [0.1, 0.15) is 0 Å². The van der Waals surface area contributed by atoms with Gasteiger partial charge in [-0.2, -0.15) is 0 Å². The molecule has 0 spiro atoms. The van der Waals surface area contributed by atoms with Crippen LogP contribution in [-0.4, -0.2) is 20.9 Å². The van der Waals surface area contributed by atoms with Crippen LogP contribution in [0.4, 0.5) is 0 Å². The Morgan fingerprint density at radius 1 is 1.29 bits per heavy atom. The monoisotopic (exact) mass is 327 g/mol. The van der Waals surface area contributed by atoms with Crippen LogP contribution in [0.3, 0.4) is 0 Å². The molecule has 0 saturated carbocycles. The van der Waals surface area contributed by atoms with Gasteiger partial charge in [0.15, 0.2) is 0 Å². The molecule has 1 aromatic rings. The van der Waals surface area contributed by atoms with Crippen LogP contribution in [0.1, 0.15) is 42.5 Å². The summed E-state index contributed by atoms with van der Waals surface area (Å²) in [6, 6.07) is 5.73. The molecule has 0 saturated heterocycles. The van der Waals surface area contributed by atoms with Crippen molar-refractivity contribution >= 4 is 25.6 Å². The fourth-order valence-electron chi connectivity index (χ4n) is 2.36. The molecule has 1 aromatic carbocycles. The first-order valence-electron chi connectivity index (χ1n) is 6.97. The smallest absolute Gasteiger partial charge is 0.261 e. The average Bonchev–Trinajstić information content (AvgIpc) is 2.47. The van der Waals surface area contributed by atoms with Crippen LogP contribution >= 0.6 is 10.7 Å². The first kappa shape index (κ1) is 16.0. The molecule has 0 heterocycles. The van der Waals surface area contributed by atoms with Crippen molar-refractivity contribution in [2.24, 2.45) is 0 Å². The van der Waals surface area contributed by atoms with Crippen molar-refractivity contribution in [2.45, 2.75) is 37.0 Å². The number of amides is 1. The molecule has 0 aliphatic heterocycles. The lowest BCUT2D eigenvalue weighted by atomic mass is 9.97. The third-order valence-corrected chi connectivity index (χ3v) is 4.85. The van der Waals surface area contributed by atoms with Gasteiger partial charge in [0.25, 0.3) is 15.0 Å². The SMILES string of the molecule is O=C(NCCC1=CCCCC1)c1cccc(S(=O)(=O)Cl)c1. The predicted octanol–water partition coefficient (Wildman–Crippen LogP) is 3.23. The van der Waals surface area contributed by atoms with Crippen LogP contribution in [0.5, 0.6) is 0 Å². The van der Waals surface area contributed by atoms with Gasteiger partial charge >= 0.3 is 0 Å². The van der Waals surface area contributed by atoms with E-state index < -0.39 is 9.05 Å². The van der Waals surface area contributed by atoms with Crippen LogP contribution in [0.15, 0.2) is 40.8 Å². The Bertz CT molecular complexity index is 653. The number of benzene rings is 1. The number of hydrogen-bond donors (Lipinski definition) is 1. The van der Waals surface area contributed by atoms with Crippen molar-refractivity contribution < 1.29 is 13.2 Å². The molecule has 114 valence electrons. The Labute approximate surface area is 129 Å². The lowest BCUT2D eigenvalue weighted by Gasteiger charge is -2.13. The van der Waals surface area contributed by atoms with E-state index in [-0.39, 0.29) is 10.8 Å². The molecule has 0 fully saturated rings. The maximum Gasteiger partial charge on any atom is 0.261 e. The van der Waals surface area contributed by atoms with Gasteiger partial charge in [0.2, 0.25) is 0 Å². The van der Waals surface area contributed by atoms with E-state index in [0.717, 1.165) is 19.3 Å². The van der Waals surface area contributed by atoms with E-state index in [1.165, 1.54) is 36.6 Å². The van der Waals surface area contributed by atoms with Crippen LogP contribution < -0.4 is 5.32 Å². The van der Waals surface area contributed by atoms with Crippen molar-refractivity contribution in [3.8, 4) is 0 Å². The van der Waals surface area contributed by atoms with E-state index in [1.54, 1.807) is 6.07 Å². The number of halogens is 1. The molecule has 1 aliphatic carbocycles. The van der Waals surface area contributed by atoms with E-state index in [2.05, 4.69) is 11.4 Å². The molecule has 1 amide bonds. The molecular weight excluding hydrogens is 310 g/mol. The zero-order valence-electron chi connectivity index (χ0n) is 11.6. The van der Waals surface area contributed by atoms with E-state index in [1.807, 2.05) is 0 Å². The summed E-state index contributed by atoms with van der Waals surface area (Å²) < 4.78 is 22.5. The Kier molecular flexibility index (Phi) is 5.42. The summed E-state index contributed by atoms with van der Waals surface area (Å²) >= 11 is 0. The molecule has 0 atom stereocenters. The summed E-state index contributed by atoms with van der Waals surface area (Å²) in [7, 11) is 1.46. The summed E-state index contributed by atoms with van der Waals surface area (Å²) in [6.07, 6.45) is 7.79. The van der Waals surface area contributed by atoms with Crippen molar-refractivity contribution in [3.05, 3.63) is 41.5 Å². The second-order valence-corrected chi connectivity index (χ2v) is 7.65. The molecule has 0 aromatic heterocycles. The fourth-order valence-corrected chi connectivity index (χ4v) is 3.16. The summed E-state index contributed by atoms with van der Waals surface area (Å²) in [5.74, 6) is -0.284. The highest BCUT2D eigenvalue weighted by Crippen LogP contribution is 2.19. The van der Waals surface area contributed by atoms with Gasteiger partial charge in [-0.15, -0.1) is 0 Å². The minimum absolute atomic E-state index is 0.0631. The largest absolute Gasteiger partial charge is 0.352 e. The number of rotatable bonds is 5. The van der Waals surface area contributed by atoms with E-state index in [9.17, 15) is 13.2 Å². The van der Waals surface area contributed by atoms with Crippen LogP contribution in [0.2, 0.25) is 0 Å². The van der Waals surface area contributed by atoms with Crippen molar-refractivity contribution in [1.82, 2.24) is 5.32 Å². The van der Waals surface area contributed by atoms with Crippen molar-refractivity contribution in [1.29, 1.82) is 0 Å². The molecule has 6 heteroatoms. The zero-order valence-corrected chi connectivity index (χ0v) is 13.2. The Balaban J connectivity index is 1.93. The predicted molar refractivity (Wildman–Crippen MR) is 83.0 cm³/mol. The third-order valence-electron chi connectivity index (χ3n) is 3.49. The summed E-state index contributed by atoms with van der Waals surface area (Å²) in [6.45, 7) is 0.558. The molecule has 0 bridgehead atoms. The van der Waals surface area contributed by atoms with Crippen LogP contribution in [0.25, 0.3) is 0 Å². The number of allylic oxidation sites excluding steroid dienone is 1. The quantitative estimate of drug-likeness (QED) is 0.667. The molecule has 21 heavy (non-hydrogen) atoms. The van der Waals surface area contributed by atoms with E-state index in [4.69, 9.17) is 10.7 Å². The van der Waals surface area contributed by atoms with Gasteiger partial charge < -0.3 is 5.32 Å². The van der Waals surface area contributed by atoms with Crippen LogP contribution in [-0.2, 0) is 9.05 Å². The van der Waals surface area contributed by atoms with Gasteiger partial charge in [-0.05, 0) is 50.3 Å². The minimum atomic E-state index is -3.81. The molecule has 0 unspecified atom stereocenters. The highest BCUT2D eigenvalue weighted by Gasteiger charge is 2.13. The topological polar surface area (TPSA) is 63.2 Å². The molecule has 1 N–H and O–H groups in total. The van der Waals surface area contributed by atoms with Crippen molar-refractivity contribution in [2.75, 3.05) is 6.54 Å². The second kappa shape index (κ2) is 7.09. The van der Waals surface area contributed by atoms with Gasteiger partial charge in [0, 0.05) is 22.8 Å². The molecule has 4 nitrogen and oxygen atoms in total. The first-order chi connectivity index (χ1) is 9.97. The highest BCUT2D eigenvalue weighted by molar-refractivity contribution is 8.13. The van der Waals surface area contributed by atoms with Crippen LogP contribution in [0, 0.1) is 0 Å². The molecule has 0 radical (unpaired) electrons. The number of hydrogen-bond acceptors (Lipinski definition) is 3. The highest BCUT2D eigenvalue weighted by atomic mass is 35.7. The molecule has 1 aliphatic rings. The Hall–Kier alpha value is -1.33. The minimum Gasteiger partial charge on any atom is -0.352 e. The van der Waals surface area contributed by atoms with Gasteiger partial charge in [-0.3, -0.25) is 4.79 Å². The number of carbonyl (C=O) groups is 1. The summed E-state index contributed by atoms with van der Waals surface area (Å²) in [5.41, 5.74) is 1.69. The zero-order chi connectivity index (χ0) is 15.3. The molecular formula is C15H18ClNO3S. The Morgan fingerprint density at radius 2 is 2.10 bits per heavy atom. The first-order valence-corrected chi connectivity index (χ1v) is 9.28. The standard InChI is InChI=1S/C15H18ClNO3S/c16-21(19,20)14-8-4-7-13(11-14)15(18)17-10-9-12-5-2-1-3-6-12/h4-5,7-8,11H,1-3,6,9-10H2,(H,17,18). The van der Waals surface area contributed by atoms with Gasteiger partial charge in [0.05, 0.1) is 4.90 Å². The maximum atomic E-state index is 12.0. The average molecular weight is 328 g/mol. The third kappa shape index (κ3) is 4.86. The fraction of sp³-hybridized carbons (Fsp3) is 0.400. The number of nitrogens with one attached hydrogen (secondary N) is 1. The van der Waals surface area contributed by atoms with E-state index >= 15 is 0 Å². The van der Waals surface area contributed by atoms with Gasteiger partial charge in [-0.25, -0.2) is 8.42 Å². The lowest BCUT2D eigenvalue weighted by Crippen LogP contribution is -2.25. The van der Waals surface area contributed by atoms with E-state index in [0.29, 0.717) is 12.1 Å². The number of carbonyl (C=O) groups excluding carboxylic acids is 1. The summed E-state index contributed by atoms with van der Waals surface area (Å²) in [4.78, 5) is 11.9. The maximum absolute atomic E-state index is 12.0. The van der Waals surface area contributed by atoms with Crippen molar-refractivity contribution in [3.63, 3.8) is 0 Å². The molecule has 2 rings (SSSR count).